The second kappa shape index (κ2) is 3.24. The quantitative estimate of drug-likeness (QED) is 0.474. The fourth-order valence-corrected chi connectivity index (χ4v) is 2.49. The van der Waals surface area contributed by atoms with Gasteiger partial charge in [-0.15, -0.1) is 0 Å². The van der Waals surface area contributed by atoms with E-state index in [9.17, 15) is 4.79 Å². The number of piperidine rings is 1. The van der Waals surface area contributed by atoms with Crippen molar-refractivity contribution in [3.8, 4) is 0 Å². The Bertz CT molecular complexity index is 241. The maximum atomic E-state index is 10.3. The molecule has 3 heteroatoms. The summed E-state index contributed by atoms with van der Waals surface area (Å²) < 4.78 is 0. The molecule has 72 valence electrons. The van der Waals surface area contributed by atoms with Crippen LogP contribution in [0.15, 0.2) is 4.99 Å². The second-order valence-corrected chi connectivity index (χ2v) is 4.30. The first kappa shape index (κ1) is 8.92. The zero-order valence-corrected chi connectivity index (χ0v) is 8.12. The number of nitrogens with zero attached hydrogens (tertiary/aromatic N) is 2. The Morgan fingerprint density at radius 3 is 2.77 bits per heavy atom. The van der Waals surface area contributed by atoms with Crippen LogP contribution in [-0.4, -0.2) is 36.2 Å². The van der Waals surface area contributed by atoms with Crippen molar-refractivity contribution in [2.24, 2.45) is 4.99 Å². The van der Waals surface area contributed by atoms with E-state index in [4.69, 9.17) is 0 Å². The summed E-state index contributed by atoms with van der Waals surface area (Å²) in [4.78, 5) is 16.7. The average Bonchev–Trinajstić information content (AvgIpc) is 2.87. The molecule has 2 aliphatic rings. The third kappa shape index (κ3) is 1.54. The van der Waals surface area contributed by atoms with Crippen LogP contribution >= 0.6 is 0 Å². The standard InChI is InChI=1S/C10H16N2O/c1-12-7-3-2-4-9(12)10(5-6-10)11-8-13/h9H,2-7H2,1H3. The predicted octanol–water partition coefficient (Wildman–Crippen LogP) is 1.34. The Morgan fingerprint density at radius 2 is 2.23 bits per heavy atom. The van der Waals surface area contributed by atoms with Gasteiger partial charge in [0, 0.05) is 6.04 Å². The number of carbonyl (C=O) groups excluding carboxylic acids is 1. The number of likely N-dealkylation sites (tertiary alicyclic amines) is 1. The minimum absolute atomic E-state index is 0.0308. The molecule has 13 heavy (non-hydrogen) atoms. The molecule has 1 aliphatic carbocycles. The Morgan fingerprint density at radius 1 is 1.46 bits per heavy atom. The minimum atomic E-state index is -0.0308. The Hall–Kier alpha value is -0.660. The van der Waals surface area contributed by atoms with Gasteiger partial charge in [0.05, 0.1) is 5.54 Å². The molecule has 1 unspecified atom stereocenters. The molecule has 0 aromatic carbocycles. The van der Waals surface area contributed by atoms with Gasteiger partial charge in [-0.3, -0.25) is 0 Å². The Kier molecular flexibility index (Phi) is 2.22. The highest BCUT2D eigenvalue weighted by molar-refractivity contribution is 5.37. The molecule has 2 rings (SSSR count). The van der Waals surface area contributed by atoms with Crippen molar-refractivity contribution in [3.05, 3.63) is 0 Å². The molecule has 1 heterocycles. The summed E-state index contributed by atoms with van der Waals surface area (Å²) in [6, 6.07) is 0.502. The molecule has 0 bridgehead atoms. The molecule has 1 saturated heterocycles. The number of rotatable bonds is 2. The minimum Gasteiger partial charge on any atom is -0.301 e. The van der Waals surface area contributed by atoms with Crippen molar-refractivity contribution in [2.45, 2.75) is 43.7 Å². The van der Waals surface area contributed by atoms with Gasteiger partial charge in [-0.25, -0.2) is 4.79 Å². The first-order chi connectivity index (χ1) is 6.28. The van der Waals surface area contributed by atoms with Crippen LogP contribution in [0.4, 0.5) is 0 Å². The number of hydrogen-bond acceptors (Lipinski definition) is 3. The third-order valence-corrected chi connectivity index (χ3v) is 3.42. The van der Waals surface area contributed by atoms with Gasteiger partial charge in [0.1, 0.15) is 0 Å². The van der Waals surface area contributed by atoms with Crippen LogP contribution in [0, 0.1) is 0 Å². The molecule has 0 N–H and O–H groups in total. The van der Waals surface area contributed by atoms with Gasteiger partial charge in [0.15, 0.2) is 0 Å². The van der Waals surface area contributed by atoms with Crippen LogP contribution in [0.3, 0.4) is 0 Å². The van der Waals surface area contributed by atoms with Crippen molar-refractivity contribution in [2.75, 3.05) is 13.6 Å². The van der Waals surface area contributed by atoms with Crippen LogP contribution in [0.25, 0.3) is 0 Å². The lowest BCUT2D eigenvalue weighted by atomic mass is 9.95. The summed E-state index contributed by atoms with van der Waals surface area (Å²) in [5.41, 5.74) is -0.0308. The van der Waals surface area contributed by atoms with Gasteiger partial charge in [0.2, 0.25) is 6.08 Å². The van der Waals surface area contributed by atoms with E-state index in [2.05, 4.69) is 16.9 Å². The number of isocyanates is 1. The summed E-state index contributed by atoms with van der Waals surface area (Å²) in [6.07, 6.45) is 7.66. The zero-order chi connectivity index (χ0) is 9.31. The summed E-state index contributed by atoms with van der Waals surface area (Å²) in [5, 5.41) is 0. The molecular weight excluding hydrogens is 164 g/mol. The van der Waals surface area contributed by atoms with E-state index in [-0.39, 0.29) is 5.54 Å². The molecule has 0 spiro atoms. The largest absolute Gasteiger partial charge is 0.301 e. The molecule has 0 amide bonds. The van der Waals surface area contributed by atoms with Crippen LogP contribution in [0.1, 0.15) is 32.1 Å². The SMILES string of the molecule is CN1CCCCC1C1(N=C=O)CC1. The van der Waals surface area contributed by atoms with Crippen LogP contribution in [-0.2, 0) is 4.79 Å². The molecule has 1 saturated carbocycles. The number of aliphatic imine (C=N–C) groups is 1. The van der Waals surface area contributed by atoms with E-state index in [1.165, 1.54) is 19.3 Å². The van der Waals surface area contributed by atoms with Crippen molar-refractivity contribution in [1.29, 1.82) is 0 Å². The Labute approximate surface area is 78.8 Å². The highest BCUT2D eigenvalue weighted by atomic mass is 16.1. The van der Waals surface area contributed by atoms with Gasteiger partial charge in [-0.05, 0) is 39.3 Å². The van der Waals surface area contributed by atoms with E-state index >= 15 is 0 Å². The van der Waals surface area contributed by atoms with Gasteiger partial charge in [-0.1, -0.05) is 6.42 Å². The molecule has 1 atom stereocenters. The highest BCUT2D eigenvalue weighted by Gasteiger charge is 2.51. The first-order valence-corrected chi connectivity index (χ1v) is 5.08. The lowest BCUT2D eigenvalue weighted by molar-refractivity contribution is 0.152. The van der Waals surface area contributed by atoms with Crippen molar-refractivity contribution >= 4 is 6.08 Å². The van der Waals surface area contributed by atoms with Gasteiger partial charge in [-0.2, -0.15) is 4.99 Å². The molecule has 2 fully saturated rings. The maximum absolute atomic E-state index is 10.3. The summed E-state index contributed by atoms with van der Waals surface area (Å²) in [7, 11) is 2.14. The molecule has 0 aromatic rings. The zero-order valence-electron chi connectivity index (χ0n) is 8.12. The van der Waals surface area contributed by atoms with E-state index in [1.807, 2.05) is 0 Å². The smallest absolute Gasteiger partial charge is 0.235 e. The summed E-state index contributed by atoms with van der Waals surface area (Å²) >= 11 is 0. The second-order valence-electron chi connectivity index (χ2n) is 4.30. The molecule has 3 nitrogen and oxygen atoms in total. The summed E-state index contributed by atoms with van der Waals surface area (Å²) in [5.74, 6) is 0. The van der Waals surface area contributed by atoms with Crippen LogP contribution in [0.2, 0.25) is 0 Å². The van der Waals surface area contributed by atoms with Gasteiger partial charge >= 0.3 is 0 Å². The van der Waals surface area contributed by atoms with Crippen LogP contribution in [0.5, 0.6) is 0 Å². The third-order valence-electron chi connectivity index (χ3n) is 3.42. The van der Waals surface area contributed by atoms with Gasteiger partial charge in [0.25, 0.3) is 0 Å². The highest BCUT2D eigenvalue weighted by Crippen LogP contribution is 2.46. The average molecular weight is 180 g/mol. The van der Waals surface area contributed by atoms with E-state index in [0.717, 1.165) is 19.4 Å². The fourth-order valence-electron chi connectivity index (χ4n) is 2.49. The van der Waals surface area contributed by atoms with E-state index < -0.39 is 0 Å². The Balaban J connectivity index is 2.09. The van der Waals surface area contributed by atoms with E-state index in [0.29, 0.717) is 6.04 Å². The predicted molar refractivity (Wildman–Crippen MR) is 50.4 cm³/mol. The topological polar surface area (TPSA) is 32.7 Å². The summed E-state index contributed by atoms with van der Waals surface area (Å²) in [6.45, 7) is 1.15. The molecular formula is C10H16N2O. The van der Waals surface area contributed by atoms with Crippen LogP contribution < -0.4 is 0 Å². The lowest BCUT2D eigenvalue weighted by Gasteiger charge is -2.36. The molecule has 1 aliphatic heterocycles. The fraction of sp³-hybridized carbons (Fsp3) is 0.900. The maximum Gasteiger partial charge on any atom is 0.235 e. The van der Waals surface area contributed by atoms with Crippen molar-refractivity contribution in [3.63, 3.8) is 0 Å². The normalized spacial score (nSPS) is 32.2. The monoisotopic (exact) mass is 180 g/mol. The number of hydrogen-bond donors (Lipinski definition) is 0. The van der Waals surface area contributed by atoms with Gasteiger partial charge < -0.3 is 4.90 Å². The van der Waals surface area contributed by atoms with Crippen molar-refractivity contribution in [1.82, 2.24) is 4.90 Å². The lowest BCUT2D eigenvalue weighted by Crippen LogP contribution is -2.45. The molecule has 0 aromatic heterocycles. The van der Waals surface area contributed by atoms with E-state index in [1.54, 1.807) is 6.08 Å². The van der Waals surface area contributed by atoms with Crippen molar-refractivity contribution < 1.29 is 4.79 Å². The first-order valence-electron chi connectivity index (χ1n) is 5.08. The molecule has 0 radical (unpaired) electrons. The number of likely N-dealkylation sites (N-methyl/N-ethyl adjacent to an activating group) is 1.